The van der Waals surface area contributed by atoms with E-state index < -0.39 is 5.91 Å². The molecule has 1 aromatic rings. The van der Waals surface area contributed by atoms with Crippen LogP contribution in [0.25, 0.3) is 0 Å². The number of benzene rings is 1. The number of aryl methyl sites for hydroxylation is 1. The van der Waals surface area contributed by atoms with Gasteiger partial charge in [0.15, 0.2) is 0 Å². The minimum atomic E-state index is -0.394. The number of Topliss-reactive ketones (excluding diaryl/α,β-unsaturated/α-hetero) is 1. The van der Waals surface area contributed by atoms with Gasteiger partial charge in [-0.25, -0.2) is 0 Å². The molecule has 0 radical (unpaired) electrons. The Morgan fingerprint density at radius 3 is 2.43 bits per heavy atom. The van der Waals surface area contributed by atoms with Crippen LogP contribution in [0.3, 0.4) is 0 Å². The fourth-order valence-corrected chi connectivity index (χ4v) is 2.59. The van der Waals surface area contributed by atoms with Crippen LogP contribution in [0.1, 0.15) is 48.7 Å². The highest BCUT2D eigenvalue weighted by atomic mass is 16.2. The average molecular weight is 288 g/mol. The number of rotatable bonds is 4. The zero-order valence-electron chi connectivity index (χ0n) is 13.5. The molecule has 0 saturated carbocycles. The molecule has 0 saturated heterocycles. The Morgan fingerprint density at radius 2 is 1.81 bits per heavy atom. The summed E-state index contributed by atoms with van der Waals surface area (Å²) in [5, 5.41) is 3.40. The fraction of sp³-hybridized carbons (Fsp3) is 0.529. The van der Waals surface area contributed by atoms with Crippen molar-refractivity contribution in [2.45, 2.75) is 46.6 Å². The van der Waals surface area contributed by atoms with Gasteiger partial charge < -0.3 is 10.2 Å². The van der Waals surface area contributed by atoms with Gasteiger partial charge in [-0.15, -0.1) is 0 Å². The van der Waals surface area contributed by atoms with Gasteiger partial charge in [0.1, 0.15) is 0 Å². The summed E-state index contributed by atoms with van der Waals surface area (Å²) in [6.07, 6.45) is 0.823. The molecule has 1 aliphatic heterocycles. The number of nitrogens with one attached hydrogen (secondary N) is 1. The van der Waals surface area contributed by atoms with Crippen LogP contribution in [0.2, 0.25) is 0 Å². The summed E-state index contributed by atoms with van der Waals surface area (Å²) in [5.74, 6) is -0.772. The van der Waals surface area contributed by atoms with Crippen LogP contribution in [0, 0.1) is 13.8 Å². The monoisotopic (exact) mass is 288 g/mol. The number of hydrogen-bond acceptors (Lipinski definition) is 3. The summed E-state index contributed by atoms with van der Waals surface area (Å²) in [6.45, 7) is 11.7. The summed E-state index contributed by atoms with van der Waals surface area (Å²) in [7, 11) is 0. The maximum Gasteiger partial charge on any atom is 0.299 e. The molecule has 0 spiro atoms. The van der Waals surface area contributed by atoms with Crippen molar-refractivity contribution in [3.8, 4) is 0 Å². The molecule has 4 heteroatoms. The van der Waals surface area contributed by atoms with E-state index in [1.165, 1.54) is 0 Å². The molecule has 0 bridgehead atoms. The van der Waals surface area contributed by atoms with Crippen LogP contribution in [-0.4, -0.2) is 30.3 Å². The standard InChI is InChI=1S/C17H24N2O2/c1-11-7-8-13-14(12(11)2)19(16(21)15(13)20)10-6-9-18-17(3,4)5/h7-8,18H,6,9-10H2,1-5H3. The van der Waals surface area contributed by atoms with Crippen molar-refractivity contribution in [2.24, 2.45) is 0 Å². The molecule has 0 unspecified atom stereocenters. The number of fused-ring (bicyclic) bond motifs is 1. The Kier molecular flexibility index (Phi) is 4.19. The van der Waals surface area contributed by atoms with E-state index in [2.05, 4.69) is 26.1 Å². The molecule has 114 valence electrons. The molecule has 0 fully saturated rings. The lowest BCUT2D eigenvalue weighted by atomic mass is 10.0. The number of nitrogens with zero attached hydrogens (tertiary/aromatic N) is 1. The first-order chi connectivity index (χ1) is 9.72. The molecule has 0 atom stereocenters. The van der Waals surface area contributed by atoms with Crippen LogP contribution in [0.4, 0.5) is 5.69 Å². The lowest BCUT2D eigenvalue weighted by molar-refractivity contribution is -0.114. The number of ketones is 1. The third kappa shape index (κ3) is 3.16. The van der Waals surface area contributed by atoms with Crippen LogP contribution in [0.5, 0.6) is 0 Å². The van der Waals surface area contributed by atoms with Crippen LogP contribution >= 0.6 is 0 Å². The highest BCUT2D eigenvalue weighted by Gasteiger charge is 2.36. The molecular formula is C17H24N2O2. The van der Waals surface area contributed by atoms with Crippen molar-refractivity contribution in [3.63, 3.8) is 0 Å². The van der Waals surface area contributed by atoms with E-state index in [4.69, 9.17) is 0 Å². The van der Waals surface area contributed by atoms with Crippen molar-refractivity contribution in [2.75, 3.05) is 18.0 Å². The number of anilines is 1. The molecule has 2 rings (SSSR count). The zero-order valence-corrected chi connectivity index (χ0v) is 13.5. The number of hydrogen-bond donors (Lipinski definition) is 1. The Balaban J connectivity index is 2.14. The molecule has 0 aliphatic carbocycles. The molecular weight excluding hydrogens is 264 g/mol. The lowest BCUT2D eigenvalue weighted by Gasteiger charge is -2.23. The summed E-state index contributed by atoms with van der Waals surface area (Å²) in [5.41, 5.74) is 3.55. The van der Waals surface area contributed by atoms with E-state index in [1.54, 1.807) is 11.0 Å². The first-order valence-electron chi connectivity index (χ1n) is 7.44. The van der Waals surface area contributed by atoms with Crippen molar-refractivity contribution in [3.05, 3.63) is 28.8 Å². The van der Waals surface area contributed by atoms with Gasteiger partial charge in [-0.3, -0.25) is 9.59 Å². The van der Waals surface area contributed by atoms with Crippen molar-refractivity contribution >= 4 is 17.4 Å². The highest BCUT2D eigenvalue weighted by molar-refractivity contribution is 6.52. The van der Waals surface area contributed by atoms with E-state index in [9.17, 15) is 9.59 Å². The summed E-state index contributed by atoms with van der Waals surface area (Å²) in [4.78, 5) is 25.9. The fourth-order valence-electron chi connectivity index (χ4n) is 2.59. The molecule has 21 heavy (non-hydrogen) atoms. The SMILES string of the molecule is Cc1ccc2c(c1C)N(CCCNC(C)(C)C)C(=O)C2=O. The van der Waals surface area contributed by atoms with Crippen LogP contribution < -0.4 is 10.2 Å². The van der Waals surface area contributed by atoms with E-state index in [0.717, 1.165) is 29.8 Å². The van der Waals surface area contributed by atoms with Crippen molar-refractivity contribution in [1.29, 1.82) is 0 Å². The molecule has 0 aromatic heterocycles. The first kappa shape index (κ1) is 15.7. The molecule has 1 N–H and O–H groups in total. The van der Waals surface area contributed by atoms with Crippen molar-refractivity contribution < 1.29 is 9.59 Å². The average Bonchev–Trinajstić information content (AvgIpc) is 2.63. The Morgan fingerprint density at radius 1 is 1.14 bits per heavy atom. The molecule has 1 heterocycles. The van der Waals surface area contributed by atoms with Gasteiger partial charge in [0.25, 0.3) is 11.7 Å². The normalized spacial score (nSPS) is 14.8. The smallest absolute Gasteiger partial charge is 0.299 e. The van der Waals surface area contributed by atoms with Crippen LogP contribution in [-0.2, 0) is 4.79 Å². The topological polar surface area (TPSA) is 49.4 Å². The number of carbonyl (C=O) groups is 2. The quantitative estimate of drug-likeness (QED) is 0.684. The van der Waals surface area contributed by atoms with Gasteiger partial charge in [0.05, 0.1) is 11.3 Å². The van der Waals surface area contributed by atoms with E-state index in [0.29, 0.717) is 12.1 Å². The first-order valence-corrected chi connectivity index (χ1v) is 7.44. The predicted molar refractivity (Wildman–Crippen MR) is 85.0 cm³/mol. The zero-order chi connectivity index (χ0) is 15.8. The second-order valence-electron chi connectivity index (χ2n) is 6.72. The van der Waals surface area contributed by atoms with Gasteiger partial charge >= 0.3 is 0 Å². The second-order valence-corrected chi connectivity index (χ2v) is 6.72. The Bertz CT molecular complexity index is 585. The molecule has 1 amide bonds. The van der Waals surface area contributed by atoms with Gasteiger partial charge in [-0.05, 0) is 64.8 Å². The van der Waals surface area contributed by atoms with Crippen LogP contribution in [0.15, 0.2) is 12.1 Å². The number of amides is 1. The van der Waals surface area contributed by atoms with E-state index in [1.807, 2.05) is 19.9 Å². The largest absolute Gasteiger partial charge is 0.312 e. The third-order valence-corrected chi connectivity index (χ3v) is 3.87. The van der Waals surface area contributed by atoms with Gasteiger partial charge in [0.2, 0.25) is 0 Å². The van der Waals surface area contributed by atoms with Gasteiger partial charge in [0, 0.05) is 12.1 Å². The lowest BCUT2D eigenvalue weighted by Crippen LogP contribution is -2.38. The van der Waals surface area contributed by atoms with Gasteiger partial charge in [-0.2, -0.15) is 0 Å². The predicted octanol–water partition coefficient (Wildman–Crippen LogP) is 2.61. The molecule has 4 nitrogen and oxygen atoms in total. The maximum absolute atomic E-state index is 12.2. The summed E-state index contributed by atoms with van der Waals surface area (Å²) >= 11 is 0. The molecule has 1 aliphatic rings. The minimum absolute atomic E-state index is 0.0647. The summed E-state index contributed by atoms with van der Waals surface area (Å²) < 4.78 is 0. The highest BCUT2D eigenvalue weighted by Crippen LogP contribution is 2.34. The van der Waals surface area contributed by atoms with E-state index >= 15 is 0 Å². The molecule has 1 aromatic carbocycles. The third-order valence-electron chi connectivity index (χ3n) is 3.87. The number of carbonyl (C=O) groups excluding carboxylic acids is 2. The second kappa shape index (κ2) is 5.60. The Hall–Kier alpha value is -1.68. The van der Waals surface area contributed by atoms with Crippen molar-refractivity contribution in [1.82, 2.24) is 5.32 Å². The van der Waals surface area contributed by atoms with Gasteiger partial charge in [-0.1, -0.05) is 6.07 Å². The maximum atomic E-state index is 12.2. The minimum Gasteiger partial charge on any atom is -0.312 e. The van der Waals surface area contributed by atoms with E-state index in [-0.39, 0.29) is 11.3 Å². The summed E-state index contributed by atoms with van der Waals surface area (Å²) in [6, 6.07) is 3.68. The Labute approximate surface area is 126 Å².